The summed E-state index contributed by atoms with van der Waals surface area (Å²) in [6, 6.07) is 6.87. The van der Waals surface area contributed by atoms with E-state index in [1.165, 1.54) is 0 Å². The molecule has 1 aromatic carbocycles. The van der Waals surface area contributed by atoms with Crippen LogP contribution in [0.3, 0.4) is 0 Å². The molecule has 0 saturated carbocycles. The zero-order valence-electron chi connectivity index (χ0n) is 8.41. The Morgan fingerprint density at radius 2 is 1.64 bits per heavy atom. The van der Waals surface area contributed by atoms with E-state index in [9.17, 15) is 8.42 Å². The lowest BCUT2D eigenvalue weighted by molar-refractivity contribution is 0.560. The van der Waals surface area contributed by atoms with Crippen molar-refractivity contribution in [3.8, 4) is 0 Å². The molecule has 0 spiro atoms. The molecule has 0 aliphatic rings. The third-order valence-corrected chi connectivity index (χ3v) is 5.43. The summed E-state index contributed by atoms with van der Waals surface area (Å²) in [5.74, 6) is 0. The molecule has 0 saturated heterocycles. The molecule has 0 atom stereocenters. The van der Waals surface area contributed by atoms with Gasteiger partial charge in [0.15, 0.2) is 9.84 Å². The van der Waals surface area contributed by atoms with E-state index in [0.717, 1.165) is 0 Å². The lowest BCUT2D eigenvalue weighted by Crippen LogP contribution is -2.28. The summed E-state index contributed by atoms with van der Waals surface area (Å²) in [7, 11) is -3.25. The fourth-order valence-electron chi connectivity index (χ4n) is 0.993. The third kappa shape index (κ3) is 2.01. The van der Waals surface area contributed by atoms with Crippen LogP contribution in [-0.2, 0) is 9.84 Å². The van der Waals surface area contributed by atoms with Crippen LogP contribution >= 0.6 is 15.9 Å². The van der Waals surface area contributed by atoms with E-state index in [1.54, 1.807) is 45.0 Å². The highest BCUT2D eigenvalue weighted by Gasteiger charge is 2.31. The molecule has 0 heterocycles. The Balaban J connectivity index is 3.40. The van der Waals surface area contributed by atoms with E-state index in [1.807, 2.05) is 0 Å². The minimum Gasteiger partial charge on any atom is -0.223 e. The Kier molecular flexibility index (Phi) is 3.07. The minimum atomic E-state index is -3.25. The lowest BCUT2D eigenvalue weighted by Gasteiger charge is -2.19. The smallest absolute Gasteiger partial charge is 0.184 e. The van der Waals surface area contributed by atoms with Gasteiger partial charge in [-0.1, -0.05) is 12.1 Å². The van der Waals surface area contributed by atoms with Crippen molar-refractivity contribution < 1.29 is 8.42 Å². The Labute approximate surface area is 93.4 Å². The number of benzene rings is 1. The van der Waals surface area contributed by atoms with Crippen molar-refractivity contribution >= 4 is 25.8 Å². The van der Waals surface area contributed by atoms with Crippen molar-refractivity contribution in [2.75, 3.05) is 0 Å². The molecule has 0 amide bonds. The van der Waals surface area contributed by atoms with Crippen LogP contribution in [0.5, 0.6) is 0 Å². The lowest BCUT2D eigenvalue weighted by atomic mass is 10.3. The summed E-state index contributed by atoms with van der Waals surface area (Å²) < 4.78 is 23.9. The molecule has 1 aromatic rings. The van der Waals surface area contributed by atoms with Gasteiger partial charge in [-0.3, -0.25) is 0 Å². The molecule has 0 aliphatic carbocycles. The summed E-state index contributed by atoms with van der Waals surface area (Å²) in [5.41, 5.74) is 0. The van der Waals surface area contributed by atoms with Gasteiger partial charge in [-0.05, 0) is 48.8 Å². The molecule has 0 radical (unpaired) electrons. The van der Waals surface area contributed by atoms with Crippen molar-refractivity contribution in [1.29, 1.82) is 0 Å². The maximum absolute atomic E-state index is 12.0. The van der Waals surface area contributed by atoms with E-state index >= 15 is 0 Å². The predicted molar refractivity (Wildman–Crippen MR) is 61.1 cm³/mol. The Morgan fingerprint density at radius 3 is 2.07 bits per heavy atom. The first-order chi connectivity index (χ1) is 6.27. The van der Waals surface area contributed by atoms with Gasteiger partial charge in [0.25, 0.3) is 0 Å². The predicted octanol–water partition coefficient (Wildman–Crippen LogP) is 3.02. The van der Waals surface area contributed by atoms with E-state index in [-0.39, 0.29) is 0 Å². The first-order valence-electron chi connectivity index (χ1n) is 4.26. The second-order valence-corrected chi connectivity index (χ2v) is 7.57. The second kappa shape index (κ2) is 3.66. The molecule has 4 heteroatoms. The van der Waals surface area contributed by atoms with Gasteiger partial charge < -0.3 is 0 Å². The summed E-state index contributed by atoms with van der Waals surface area (Å²) in [5, 5.41) is 0. The maximum Gasteiger partial charge on any atom is 0.184 e. The summed E-state index contributed by atoms with van der Waals surface area (Å²) in [6.07, 6.45) is 0. The molecule has 78 valence electrons. The molecular formula is C10H13BrO2S. The van der Waals surface area contributed by atoms with Crippen LogP contribution in [0.2, 0.25) is 0 Å². The van der Waals surface area contributed by atoms with Crippen molar-refractivity contribution in [2.24, 2.45) is 0 Å². The Hall–Kier alpha value is -0.350. The van der Waals surface area contributed by atoms with Crippen molar-refractivity contribution in [1.82, 2.24) is 0 Å². The minimum absolute atomic E-state index is 0.354. The van der Waals surface area contributed by atoms with Gasteiger partial charge in [0, 0.05) is 4.47 Å². The monoisotopic (exact) mass is 276 g/mol. The van der Waals surface area contributed by atoms with Crippen LogP contribution in [0, 0.1) is 0 Å². The highest BCUT2D eigenvalue weighted by atomic mass is 79.9. The van der Waals surface area contributed by atoms with Gasteiger partial charge in [0.2, 0.25) is 0 Å². The molecule has 0 unspecified atom stereocenters. The van der Waals surface area contributed by atoms with Gasteiger partial charge in [0.05, 0.1) is 9.64 Å². The molecule has 0 bridgehead atoms. The fraction of sp³-hybridized carbons (Fsp3) is 0.400. The number of halogens is 1. The van der Waals surface area contributed by atoms with Gasteiger partial charge in [-0.15, -0.1) is 0 Å². The van der Waals surface area contributed by atoms with Crippen LogP contribution in [0.25, 0.3) is 0 Å². The maximum atomic E-state index is 12.0. The molecule has 0 aliphatic heterocycles. The average molecular weight is 277 g/mol. The third-order valence-electron chi connectivity index (χ3n) is 1.93. The first kappa shape index (κ1) is 11.7. The zero-order chi connectivity index (χ0) is 11.0. The molecule has 0 aromatic heterocycles. The van der Waals surface area contributed by atoms with Crippen molar-refractivity contribution in [3.63, 3.8) is 0 Å². The van der Waals surface area contributed by atoms with Crippen molar-refractivity contribution in [2.45, 2.75) is 30.4 Å². The molecule has 0 fully saturated rings. The van der Waals surface area contributed by atoms with Crippen LogP contribution in [0.15, 0.2) is 33.6 Å². The van der Waals surface area contributed by atoms with Gasteiger partial charge in [0.1, 0.15) is 0 Å². The number of hydrogen-bond acceptors (Lipinski definition) is 2. The van der Waals surface area contributed by atoms with Crippen LogP contribution in [0.1, 0.15) is 20.8 Å². The van der Waals surface area contributed by atoms with Crippen LogP contribution in [0.4, 0.5) is 0 Å². The van der Waals surface area contributed by atoms with Gasteiger partial charge in [-0.25, -0.2) is 8.42 Å². The van der Waals surface area contributed by atoms with E-state index in [2.05, 4.69) is 15.9 Å². The topological polar surface area (TPSA) is 34.1 Å². The van der Waals surface area contributed by atoms with Crippen LogP contribution in [-0.4, -0.2) is 13.2 Å². The number of rotatable bonds is 1. The number of hydrogen-bond donors (Lipinski definition) is 0. The SMILES string of the molecule is CC(C)(C)S(=O)(=O)c1ccccc1Br. The summed E-state index contributed by atoms with van der Waals surface area (Å²) in [4.78, 5) is 0.354. The second-order valence-electron chi connectivity index (χ2n) is 4.05. The van der Waals surface area contributed by atoms with Crippen molar-refractivity contribution in [3.05, 3.63) is 28.7 Å². The van der Waals surface area contributed by atoms with E-state index in [4.69, 9.17) is 0 Å². The Bertz CT molecular complexity index is 430. The summed E-state index contributed by atoms with van der Waals surface area (Å²) >= 11 is 3.25. The highest BCUT2D eigenvalue weighted by molar-refractivity contribution is 9.10. The normalized spacial score (nSPS) is 12.9. The standard InChI is InChI=1S/C10H13BrO2S/c1-10(2,3)14(12,13)9-7-5-4-6-8(9)11/h4-7H,1-3H3. The molecule has 14 heavy (non-hydrogen) atoms. The first-order valence-corrected chi connectivity index (χ1v) is 6.53. The Morgan fingerprint density at radius 1 is 1.14 bits per heavy atom. The molecule has 0 N–H and O–H groups in total. The molecular weight excluding hydrogens is 264 g/mol. The zero-order valence-corrected chi connectivity index (χ0v) is 10.8. The van der Waals surface area contributed by atoms with Gasteiger partial charge >= 0.3 is 0 Å². The molecule has 2 nitrogen and oxygen atoms in total. The fourth-order valence-corrected chi connectivity index (χ4v) is 3.16. The highest BCUT2D eigenvalue weighted by Crippen LogP contribution is 2.29. The van der Waals surface area contributed by atoms with Gasteiger partial charge in [-0.2, -0.15) is 0 Å². The number of sulfone groups is 1. The summed E-state index contributed by atoms with van der Waals surface area (Å²) in [6.45, 7) is 5.09. The van der Waals surface area contributed by atoms with Crippen LogP contribution < -0.4 is 0 Å². The quantitative estimate of drug-likeness (QED) is 0.790. The average Bonchev–Trinajstić information content (AvgIpc) is 2.02. The largest absolute Gasteiger partial charge is 0.223 e. The van der Waals surface area contributed by atoms with E-state index in [0.29, 0.717) is 9.37 Å². The van der Waals surface area contributed by atoms with E-state index < -0.39 is 14.6 Å². The molecule has 1 rings (SSSR count).